The van der Waals surface area contributed by atoms with E-state index in [-0.39, 0.29) is 87.7 Å². The summed E-state index contributed by atoms with van der Waals surface area (Å²) >= 11 is 0. The number of methoxy groups -OCH3 is 1. The van der Waals surface area contributed by atoms with E-state index in [0.717, 1.165) is 75.9 Å². The third-order valence-corrected chi connectivity index (χ3v) is 30.7. The van der Waals surface area contributed by atoms with Crippen molar-refractivity contribution in [3.63, 3.8) is 0 Å². The highest BCUT2D eigenvalue weighted by atomic mass is 28.4. The molecule has 1 aromatic carbocycles. The first kappa shape index (κ1) is 62.7. The van der Waals surface area contributed by atoms with Gasteiger partial charge in [0.15, 0.2) is 27.2 Å². The summed E-state index contributed by atoms with van der Waals surface area (Å²) in [6, 6.07) is 13.7. The molecule has 1 aromatic rings. The molecule has 3 saturated heterocycles. The standard InChI is InChI=1S/C69H112O10Si/c1-20-52-43(7)44(8)59(79-80(21-2,22-3)23-4)62(74-52)78-60-58(77-61-45(9)41(5)42(6)47(11)73-61)46(10)53(37-49-27-25-24-26-28-49)75-63(60)76-56-32-33-65(15)54(66(56,16)40-70)31-34-67(17)55(65)30-29-50-51-38-64(13,14)35-36-69(51,48(12)71)57(72-19)39-68(50,67)18/h24-29,40-47,51-63H,20-23,30-39H2,1-19H3/t41?,42-,43+,44-,45?,46-,47-,51?,52?,53?,54+,55?,56-,57?,58-,59?,60?,61+,62-,63-,65?,66+,67-,68+,69+/m0/s1. The normalized spacial score (nSPS) is 48.4. The Bertz CT molecular complexity index is 2330. The molecule has 4 saturated carbocycles. The molecule has 0 N–H and O–H groups in total. The molecule has 11 heteroatoms. The Morgan fingerprint density at radius 2 is 1.31 bits per heavy atom. The van der Waals surface area contributed by atoms with Crippen molar-refractivity contribution in [2.75, 3.05) is 7.11 Å². The van der Waals surface area contributed by atoms with Gasteiger partial charge >= 0.3 is 0 Å². The molecule has 0 aromatic heterocycles. The first-order chi connectivity index (χ1) is 37.7. The molecule has 0 radical (unpaired) electrons. The minimum Gasteiger partial charge on any atom is -0.408 e. The second-order valence-electron chi connectivity index (χ2n) is 30.0. The number of allylic oxidation sites excluding steroid dienone is 2. The van der Waals surface area contributed by atoms with Crippen molar-refractivity contribution >= 4 is 20.4 Å². The summed E-state index contributed by atoms with van der Waals surface area (Å²) < 4.78 is 58.9. The number of benzene rings is 1. The van der Waals surface area contributed by atoms with Gasteiger partial charge in [0.2, 0.25) is 0 Å². The third kappa shape index (κ3) is 10.3. The van der Waals surface area contributed by atoms with E-state index in [1.54, 1.807) is 0 Å². The van der Waals surface area contributed by atoms with E-state index >= 15 is 0 Å². The van der Waals surface area contributed by atoms with Crippen molar-refractivity contribution in [1.82, 2.24) is 0 Å². The van der Waals surface area contributed by atoms with Crippen LogP contribution in [0.1, 0.15) is 194 Å². The van der Waals surface area contributed by atoms with E-state index < -0.39 is 56.3 Å². The zero-order valence-corrected chi connectivity index (χ0v) is 54.6. The van der Waals surface area contributed by atoms with Gasteiger partial charge in [-0.2, -0.15) is 0 Å². The summed E-state index contributed by atoms with van der Waals surface area (Å²) in [7, 11) is -0.309. The van der Waals surface area contributed by atoms with Crippen LogP contribution in [0.2, 0.25) is 18.1 Å². The molecule has 80 heavy (non-hydrogen) atoms. The highest BCUT2D eigenvalue weighted by Crippen LogP contribution is 2.76. The molecule has 3 heterocycles. The lowest BCUT2D eigenvalue weighted by atomic mass is 9.33. The van der Waals surface area contributed by atoms with Gasteiger partial charge in [0.25, 0.3) is 0 Å². The number of Topliss-reactive ketones (excluding diaryl/α,β-unsaturated/α-hetero) is 1. The average molecular weight is 1130 g/mol. The van der Waals surface area contributed by atoms with Crippen LogP contribution in [0, 0.1) is 85.8 Å². The zero-order chi connectivity index (χ0) is 58.3. The van der Waals surface area contributed by atoms with E-state index in [9.17, 15) is 9.59 Å². The van der Waals surface area contributed by atoms with Crippen LogP contribution in [0.5, 0.6) is 0 Å². The summed E-state index contributed by atoms with van der Waals surface area (Å²) in [4.78, 5) is 28.7. The van der Waals surface area contributed by atoms with Crippen LogP contribution in [0.4, 0.5) is 0 Å². The molecule has 0 amide bonds. The minimum absolute atomic E-state index is 0.0132. The average Bonchev–Trinajstić information content (AvgIpc) is 3.21. The molecule has 8 aliphatic rings. The van der Waals surface area contributed by atoms with Crippen LogP contribution in [0.15, 0.2) is 42.0 Å². The van der Waals surface area contributed by atoms with Crippen LogP contribution in [-0.4, -0.2) is 95.2 Å². The molecule has 0 spiro atoms. The van der Waals surface area contributed by atoms with Crippen LogP contribution in [0.3, 0.4) is 0 Å². The Labute approximate surface area is 486 Å². The van der Waals surface area contributed by atoms with Crippen molar-refractivity contribution in [2.24, 2.45) is 85.8 Å². The molecule has 5 aliphatic carbocycles. The third-order valence-electron chi connectivity index (χ3n) is 26.1. The number of carbonyl (C=O) groups is 2. The second kappa shape index (κ2) is 23.5. The zero-order valence-electron chi connectivity index (χ0n) is 53.6. The van der Waals surface area contributed by atoms with Gasteiger partial charge in [0.1, 0.15) is 18.2 Å². The van der Waals surface area contributed by atoms with Gasteiger partial charge in [0, 0.05) is 18.9 Å². The van der Waals surface area contributed by atoms with E-state index in [1.807, 2.05) is 14.0 Å². The molecule has 452 valence electrons. The number of ether oxygens (including phenoxy) is 7. The van der Waals surface area contributed by atoms with Crippen LogP contribution in [-0.2, 0) is 53.6 Å². The molecule has 3 aliphatic heterocycles. The monoisotopic (exact) mass is 1130 g/mol. The van der Waals surface area contributed by atoms with Gasteiger partial charge in [-0.15, -0.1) is 0 Å². The SMILES string of the molecule is CCC1O[C@@H](OC2[C@H](O[C@H]3CCC4(C)C5CC=C6C7CC(C)(C)CC[C@]7(C(C)=O)C(OC)C[C@@]6(C)[C@@]5(C)CC[C@H]4[C@@]3(C)C=O)OC(Cc3ccccc3)[C@H](C)[C@@H]2O[C@H]2O[C@@H](C)[C@@H](C)C(C)C2C)C(O[Si](CC)(CC)CC)[C@@H](C)[C@H]1C. The van der Waals surface area contributed by atoms with Crippen molar-refractivity contribution in [1.29, 1.82) is 0 Å². The lowest BCUT2D eigenvalue weighted by molar-refractivity contribution is -0.382. The maximum absolute atomic E-state index is 14.6. The number of fused-ring (bicyclic) bond motifs is 7. The summed E-state index contributed by atoms with van der Waals surface area (Å²) in [5.41, 5.74) is 1.12. The lowest BCUT2D eigenvalue weighted by Gasteiger charge is -2.72. The van der Waals surface area contributed by atoms with Crippen molar-refractivity contribution < 1.29 is 47.2 Å². The second-order valence-corrected chi connectivity index (χ2v) is 34.7. The molecule has 9 rings (SSSR count). The number of rotatable bonds is 17. The fourth-order valence-corrected chi connectivity index (χ4v) is 22.3. The van der Waals surface area contributed by atoms with Gasteiger partial charge in [0.05, 0.1) is 53.6 Å². The molecule has 10 nitrogen and oxygen atoms in total. The van der Waals surface area contributed by atoms with Crippen LogP contribution >= 0.6 is 0 Å². The molecular formula is C69H112O10Si. The highest BCUT2D eigenvalue weighted by Gasteiger charge is 2.72. The topological polar surface area (TPSA) is 108 Å². The van der Waals surface area contributed by atoms with E-state index in [4.69, 9.17) is 37.6 Å². The first-order valence-corrected chi connectivity index (χ1v) is 35.1. The maximum atomic E-state index is 14.6. The van der Waals surface area contributed by atoms with Crippen molar-refractivity contribution in [2.45, 2.75) is 281 Å². The Morgan fingerprint density at radius 1 is 0.662 bits per heavy atom. The summed E-state index contributed by atoms with van der Waals surface area (Å²) in [5, 5.41) is 0. The van der Waals surface area contributed by atoms with Crippen molar-refractivity contribution in [3.05, 3.63) is 47.5 Å². The fraction of sp³-hybridized carbons (Fsp3) is 0.855. The van der Waals surface area contributed by atoms with Gasteiger partial charge in [-0.1, -0.05) is 153 Å². The summed E-state index contributed by atoms with van der Waals surface area (Å²) in [6.07, 6.45) is 9.15. The molecule has 7 fully saturated rings. The molecule has 10 unspecified atom stereocenters. The Balaban J connectivity index is 1.10. The largest absolute Gasteiger partial charge is 0.408 e. The fourth-order valence-electron chi connectivity index (χ4n) is 19.4. The first-order valence-electron chi connectivity index (χ1n) is 32.6. The Hall–Kier alpha value is -1.80. The smallest absolute Gasteiger partial charge is 0.192 e. The van der Waals surface area contributed by atoms with Gasteiger partial charge in [-0.25, -0.2) is 0 Å². The predicted molar refractivity (Wildman–Crippen MR) is 320 cm³/mol. The number of aldehydes is 1. The predicted octanol–water partition coefficient (Wildman–Crippen LogP) is 15.4. The van der Waals surface area contributed by atoms with Gasteiger partial charge in [-0.3, -0.25) is 4.79 Å². The Morgan fingerprint density at radius 3 is 1.94 bits per heavy atom. The number of carbonyl (C=O) groups excluding carboxylic acids is 2. The Kier molecular flexibility index (Phi) is 18.4. The van der Waals surface area contributed by atoms with Crippen molar-refractivity contribution in [3.8, 4) is 0 Å². The number of ketones is 1. The lowest BCUT2D eigenvalue weighted by Crippen LogP contribution is -2.68. The summed E-state index contributed by atoms with van der Waals surface area (Å²) in [6.45, 7) is 41.6. The molecule has 0 bridgehead atoms. The van der Waals surface area contributed by atoms with Crippen LogP contribution < -0.4 is 0 Å². The van der Waals surface area contributed by atoms with E-state index in [2.05, 4.69) is 154 Å². The van der Waals surface area contributed by atoms with E-state index in [0.29, 0.717) is 36.4 Å². The quantitative estimate of drug-likeness (QED) is 0.0648. The highest BCUT2D eigenvalue weighted by molar-refractivity contribution is 6.73. The number of hydrogen-bond donors (Lipinski definition) is 0. The van der Waals surface area contributed by atoms with Crippen LogP contribution in [0.25, 0.3) is 0 Å². The number of hydrogen-bond acceptors (Lipinski definition) is 10. The maximum Gasteiger partial charge on any atom is 0.192 e. The van der Waals surface area contributed by atoms with Gasteiger partial charge in [-0.05, 0) is 171 Å². The molecular weight excluding hydrogens is 1020 g/mol. The minimum atomic E-state index is -2.16. The molecule has 25 atom stereocenters. The van der Waals surface area contributed by atoms with E-state index in [1.165, 1.54) is 17.4 Å². The summed E-state index contributed by atoms with van der Waals surface area (Å²) in [5.74, 6) is 2.01. The van der Waals surface area contributed by atoms with Gasteiger partial charge < -0.3 is 42.4 Å².